The number of pyridine rings is 1. The summed E-state index contributed by atoms with van der Waals surface area (Å²) in [5.74, 6) is 0.419. The van der Waals surface area contributed by atoms with Crippen molar-refractivity contribution in [1.82, 2.24) is 4.98 Å². The maximum absolute atomic E-state index is 11.7. The van der Waals surface area contributed by atoms with Crippen molar-refractivity contribution >= 4 is 27.5 Å². The van der Waals surface area contributed by atoms with Gasteiger partial charge in [0.05, 0.1) is 0 Å². The summed E-state index contributed by atoms with van der Waals surface area (Å²) in [6.45, 7) is 4.44. The Labute approximate surface area is 96.9 Å². The monoisotopic (exact) mass is 266 g/mol. The molecule has 0 N–H and O–H groups in total. The molecule has 0 aliphatic carbocycles. The van der Waals surface area contributed by atoms with Gasteiger partial charge in [0.15, 0.2) is 0 Å². The van der Waals surface area contributed by atoms with Gasteiger partial charge in [-0.3, -0.25) is 4.79 Å². The highest BCUT2D eigenvalue weighted by molar-refractivity contribution is 9.10. The molecule has 1 aliphatic rings. The lowest BCUT2D eigenvalue weighted by molar-refractivity contribution is -0.117. The number of nitrogens with zero attached hydrogens (tertiary/aromatic N) is 2. The van der Waals surface area contributed by atoms with E-state index in [1.165, 1.54) is 0 Å². The first-order valence-corrected chi connectivity index (χ1v) is 5.54. The van der Waals surface area contributed by atoms with E-state index >= 15 is 0 Å². The predicted molar refractivity (Wildman–Crippen MR) is 62.6 cm³/mol. The number of carbonyl (C=O) groups is 1. The number of hydrogen-bond donors (Lipinski definition) is 0. The molecule has 0 bridgehead atoms. The van der Waals surface area contributed by atoms with Crippen LogP contribution in [0.5, 0.6) is 0 Å². The van der Waals surface area contributed by atoms with Gasteiger partial charge < -0.3 is 4.90 Å². The quantitative estimate of drug-likeness (QED) is 0.609. The van der Waals surface area contributed by atoms with Gasteiger partial charge in [-0.25, -0.2) is 4.98 Å². The standard InChI is InChI=1S/C11H11BrN2O/c1-2-8-5-11(15)14(7-8)9-3-4-13-10(12)6-9/h2-4,6,8H,1,5,7H2. The number of rotatable bonds is 2. The molecule has 1 amide bonds. The largest absolute Gasteiger partial charge is 0.312 e. The fourth-order valence-electron chi connectivity index (χ4n) is 1.70. The molecule has 1 saturated heterocycles. The molecule has 0 saturated carbocycles. The van der Waals surface area contributed by atoms with E-state index in [2.05, 4.69) is 27.5 Å². The Bertz CT molecular complexity index is 405. The lowest BCUT2D eigenvalue weighted by atomic mass is 10.1. The molecule has 2 heterocycles. The van der Waals surface area contributed by atoms with Crippen molar-refractivity contribution in [3.8, 4) is 0 Å². The van der Waals surface area contributed by atoms with Crippen molar-refractivity contribution in [2.45, 2.75) is 6.42 Å². The van der Waals surface area contributed by atoms with E-state index in [1.807, 2.05) is 18.2 Å². The molecular weight excluding hydrogens is 256 g/mol. The van der Waals surface area contributed by atoms with Gasteiger partial charge in [-0.05, 0) is 28.1 Å². The van der Waals surface area contributed by atoms with Crippen molar-refractivity contribution in [3.05, 3.63) is 35.6 Å². The summed E-state index contributed by atoms with van der Waals surface area (Å²) < 4.78 is 0.745. The first kappa shape index (κ1) is 10.4. The highest BCUT2D eigenvalue weighted by Crippen LogP contribution is 2.26. The van der Waals surface area contributed by atoms with Crippen LogP contribution in [0.1, 0.15) is 6.42 Å². The van der Waals surface area contributed by atoms with Crippen LogP contribution in [0.25, 0.3) is 0 Å². The third kappa shape index (κ3) is 2.09. The van der Waals surface area contributed by atoms with Crippen LogP contribution in [-0.4, -0.2) is 17.4 Å². The van der Waals surface area contributed by atoms with E-state index in [0.717, 1.165) is 16.8 Å². The zero-order chi connectivity index (χ0) is 10.8. The maximum Gasteiger partial charge on any atom is 0.227 e. The number of amides is 1. The van der Waals surface area contributed by atoms with Crippen molar-refractivity contribution in [3.63, 3.8) is 0 Å². The molecule has 1 aromatic rings. The number of anilines is 1. The van der Waals surface area contributed by atoms with E-state index in [4.69, 9.17) is 0 Å². The molecular formula is C11H11BrN2O. The fraction of sp³-hybridized carbons (Fsp3) is 0.273. The predicted octanol–water partition coefficient (Wildman–Crippen LogP) is 2.38. The summed E-state index contributed by atoms with van der Waals surface area (Å²) in [5.41, 5.74) is 0.895. The highest BCUT2D eigenvalue weighted by Gasteiger charge is 2.28. The summed E-state index contributed by atoms with van der Waals surface area (Å²) in [7, 11) is 0. The maximum atomic E-state index is 11.7. The molecule has 0 spiro atoms. The van der Waals surface area contributed by atoms with E-state index in [9.17, 15) is 4.79 Å². The first-order chi connectivity index (χ1) is 7.20. The van der Waals surface area contributed by atoms with Gasteiger partial charge in [0.2, 0.25) is 5.91 Å². The Morgan fingerprint density at radius 1 is 1.67 bits per heavy atom. The van der Waals surface area contributed by atoms with Crippen LogP contribution in [0.4, 0.5) is 5.69 Å². The molecule has 1 aromatic heterocycles. The third-order valence-corrected chi connectivity index (χ3v) is 2.94. The van der Waals surface area contributed by atoms with Gasteiger partial charge in [0.25, 0.3) is 0 Å². The van der Waals surface area contributed by atoms with Crippen LogP contribution in [0.15, 0.2) is 35.6 Å². The molecule has 0 radical (unpaired) electrons. The Morgan fingerprint density at radius 2 is 2.47 bits per heavy atom. The molecule has 0 aromatic carbocycles. The summed E-state index contributed by atoms with van der Waals surface area (Å²) in [4.78, 5) is 17.5. The average molecular weight is 267 g/mol. The van der Waals surface area contributed by atoms with E-state index in [-0.39, 0.29) is 11.8 Å². The molecule has 1 atom stereocenters. The minimum Gasteiger partial charge on any atom is -0.312 e. The van der Waals surface area contributed by atoms with Gasteiger partial charge in [0.1, 0.15) is 4.60 Å². The van der Waals surface area contributed by atoms with E-state index in [0.29, 0.717) is 6.42 Å². The average Bonchev–Trinajstić information content (AvgIpc) is 2.60. The summed E-state index contributed by atoms with van der Waals surface area (Å²) in [5, 5.41) is 0. The van der Waals surface area contributed by atoms with Crippen LogP contribution in [0.3, 0.4) is 0 Å². The summed E-state index contributed by atoms with van der Waals surface area (Å²) in [6.07, 6.45) is 4.09. The molecule has 1 aliphatic heterocycles. The topological polar surface area (TPSA) is 33.2 Å². The third-order valence-electron chi connectivity index (χ3n) is 2.51. The zero-order valence-corrected chi connectivity index (χ0v) is 9.77. The lowest BCUT2D eigenvalue weighted by Crippen LogP contribution is -2.24. The molecule has 2 rings (SSSR count). The second-order valence-electron chi connectivity index (χ2n) is 3.54. The van der Waals surface area contributed by atoms with Gasteiger partial charge in [-0.2, -0.15) is 0 Å². The molecule has 1 unspecified atom stereocenters. The summed E-state index contributed by atoms with van der Waals surface area (Å²) in [6, 6.07) is 3.69. The SMILES string of the molecule is C=CC1CC(=O)N(c2ccnc(Br)c2)C1. The Morgan fingerprint density at radius 3 is 3.07 bits per heavy atom. The molecule has 15 heavy (non-hydrogen) atoms. The van der Waals surface area contributed by atoms with Crippen molar-refractivity contribution in [2.75, 3.05) is 11.4 Å². The first-order valence-electron chi connectivity index (χ1n) is 4.75. The van der Waals surface area contributed by atoms with Crippen molar-refractivity contribution in [1.29, 1.82) is 0 Å². The van der Waals surface area contributed by atoms with Crippen LogP contribution in [0.2, 0.25) is 0 Å². The van der Waals surface area contributed by atoms with Crippen LogP contribution in [0, 0.1) is 5.92 Å². The van der Waals surface area contributed by atoms with Crippen LogP contribution < -0.4 is 4.90 Å². The molecule has 4 heteroatoms. The Kier molecular flexibility index (Phi) is 2.86. The van der Waals surface area contributed by atoms with Crippen LogP contribution >= 0.6 is 15.9 Å². The molecule has 78 valence electrons. The van der Waals surface area contributed by atoms with Crippen molar-refractivity contribution < 1.29 is 4.79 Å². The smallest absolute Gasteiger partial charge is 0.227 e. The normalized spacial score (nSPS) is 20.7. The van der Waals surface area contributed by atoms with E-state index < -0.39 is 0 Å². The minimum absolute atomic E-state index is 0.151. The van der Waals surface area contributed by atoms with E-state index in [1.54, 1.807) is 11.1 Å². The van der Waals surface area contributed by atoms with Gasteiger partial charge in [-0.15, -0.1) is 6.58 Å². The highest BCUT2D eigenvalue weighted by atomic mass is 79.9. The Hall–Kier alpha value is -1.16. The number of halogens is 1. The van der Waals surface area contributed by atoms with Gasteiger partial charge in [0, 0.05) is 30.8 Å². The number of hydrogen-bond acceptors (Lipinski definition) is 2. The second-order valence-corrected chi connectivity index (χ2v) is 4.35. The van der Waals surface area contributed by atoms with Gasteiger partial charge >= 0.3 is 0 Å². The fourth-order valence-corrected chi connectivity index (χ4v) is 2.06. The Balaban J connectivity index is 2.25. The number of carbonyl (C=O) groups excluding carboxylic acids is 1. The van der Waals surface area contributed by atoms with Gasteiger partial charge in [-0.1, -0.05) is 6.08 Å². The molecule has 1 fully saturated rings. The zero-order valence-electron chi connectivity index (χ0n) is 8.19. The minimum atomic E-state index is 0.151. The molecule has 3 nitrogen and oxygen atoms in total. The van der Waals surface area contributed by atoms with Crippen molar-refractivity contribution in [2.24, 2.45) is 5.92 Å². The van der Waals surface area contributed by atoms with Crippen LogP contribution in [-0.2, 0) is 4.79 Å². The summed E-state index contributed by atoms with van der Waals surface area (Å²) >= 11 is 3.29. The second kappa shape index (κ2) is 4.14. The number of aromatic nitrogens is 1. The lowest BCUT2D eigenvalue weighted by Gasteiger charge is -2.15.